The molecule has 0 unspecified atom stereocenters. The van der Waals surface area contributed by atoms with E-state index in [1.165, 1.54) is 0 Å². The van der Waals surface area contributed by atoms with Crippen LogP contribution in [-0.2, 0) is 6.54 Å². The molecule has 21 heavy (non-hydrogen) atoms. The number of halogens is 2. The number of benzene rings is 1. The summed E-state index contributed by atoms with van der Waals surface area (Å²) in [6, 6.07) is 10.0. The number of aryl methyl sites for hydroxylation is 1. The van der Waals surface area contributed by atoms with Crippen molar-refractivity contribution in [3.05, 3.63) is 50.7 Å². The zero-order valence-corrected chi connectivity index (χ0v) is 15.3. The first-order valence-corrected chi connectivity index (χ1v) is 8.47. The van der Waals surface area contributed by atoms with Crippen LogP contribution in [-0.4, -0.2) is 11.6 Å². The number of nitrogens with zero attached hydrogens (tertiary/aromatic N) is 1. The van der Waals surface area contributed by atoms with E-state index in [4.69, 9.17) is 4.74 Å². The van der Waals surface area contributed by atoms with Gasteiger partial charge in [0, 0.05) is 16.6 Å². The van der Waals surface area contributed by atoms with E-state index in [1.54, 1.807) is 0 Å². The Balaban J connectivity index is 2.12. The van der Waals surface area contributed by atoms with E-state index >= 15 is 0 Å². The number of hydrogen-bond acceptors (Lipinski definition) is 3. The minimum atomic E-state index is 0.697. The van der Waals surface area contributed by atoms with Gasteiger partial charge in [0.2, 0.25) is 0 Å². The van der Waals surface area contributed by atoms with Crippen molar-refractivity contribution in [1.82, 2.24) is 4.98 Å². The van der Waals surface area contributed by atoms with Crippen molar-refractivity contribution in [1.29, 1.82) is 0 Å². The quantitative estimate of drug-likeness (QED) is 0.651. The first-order chi connectivity index (χ1) is 10.1. The number of nitrogens with one attached hydrogen (secondary N) is 1. The summed E-state index contributed by atoms with van der Waals surface area (Å²) in [4.78, 5) is 4.39. The topological polar surface area (TPSA) is 34.1 Å². The van der Waals surface area contributed by atoms with Gasteiger partial charge in [-0.3, -0.25) is 0 Å². The molecule has 0 aliphatic carbocycles. The zero-order valence-electron chi connectivity index (χ0n) is 12.1. The summed E-state index contributed by atoms with van der Waals surface area (Å²) in [5.41, 5.74) is 3.12. The van der Waals surface area contributed by atoms with Gasteiger partial charge in [0.15, 0.2) is 0 Å². The van der Waals surface area contributed by atoms with Crippen LogP contribution in [0.15, 0.2) is 39.4 Å². The Bertz CT molecular complexity index is 617. The molecule has 112 valence electrons. The summed E-state index contributed by atoms with van der Waals surface area (Å²) >= 11 is 6.89. The smallest absolute Gasteiger partial charge is 0.124 e. The maximum atomic E-state index is 5.80. The SMILES string of the molecule is CCCOc1ccc(Br)cc1CNc1ccc(Br)nc1C. The Morgan fingerprint density at radius 2 is 2.00 bits per heavy atom. The van der Waals surface area contributed by atoms with Crippen LogP contribution in [0.3, 0.4) is 0 Å². The predicted octanol–water partition coefficient (Wildman–Crippen LogP) is 5.32. The Hall–Kier alpha value is -1.07. The fourth-order valence-corrected chi connectivity index (χ4v) is 2.75. The molecule has 1 heterocycles. The number of hydrogen-bond donors (Lipinski definition) is 1. The van der Waals surface area contributed by atoms with Crippen molar-refractivity contribution >= 4 is 37.5 Å². The van der Waals surface area contributed by atoms with Gasteiger partial charge in [-0.05, 0) is 59.6 Å². The molecule has 2 rings (SSSR count). The van der Waals surface area contributed by atoms with Gasteiger partial charge in [0.05, 0.1) is 18.0 Å². The van der Waals surface area contributed by atoms with Crippen LogP contribution < -0.4 is 10.1 Å². The molecule has 0 spiro atoms. The van der Waals surface area contributed by atoms with E-state index in [2.05, 4.69) is 55.2 Å². The average molecular weight is 414 g/mol. The molecular weight excluding hydrogens is 396 g/mol. The van der Waals surface area contributed by atoms with Crippen LogP contribution in [0.5, 0.6) is 5.75 Å². The van der Waals surface area contributed by atoms with Crippen molar-refractivity contribution in [2.24, 2.45) is 0 Å². The molecule has 0 saturated carbocycles. The normalized spacial score (nSPS) is 10.5. The Labute approximate surface area is 142 Å². The zero-order chi connectivity index (χ0) is 15.2. The van der Waals surface area contributed by atoms with Gasteiger partial charge >= 0.3 is 0 Å². The number of ether oxygens (including phenoxy) is 1. The molecule has 0 atom stereocenters. The minimum Gasteiger partial charge on any atom is -0.493 e. The van der Waals surface area contributed by atoms with E-state index in [0.717, 1.165) is 44.8 Å². The van der Waals surface area contributed by atoms with Gasteiger partial charge in [-0.15, -0.1) is 0 Å². The van der Waals surface area contributed by atoms with Crippen LogP contribution >= 0.6 is 31.9 Å². The van der Waals surface area contributed by atoms with Gasteiger partial charge in [0.25, 0.3) is 0 Å². The molecule has 0 radical (unpaired) electrons. The lowest BCUT2D eigenvalue weighted by molar-refractivity contribution is 0.314. The van der Waals surface area contributed by atoms with E-state index in [9.17, 15) is 0 Å². The number of aromatic nitrogens is 1. The maximum absolute atomic E-state index is 5.80. The van der Waals surface area contributed by atoms with Crippen LogP contribution in [0.2, 0.25) is 0 Å². The summed E-state index contributed by atoms with van der Waals surface area (Å²) in [6.45, 7) is 5.52. The second-order valence-electron chi connectivity index (χ2n) is 4.72. The highest BCUT2D eigenvalue weighted by molar-refractivity contribution is 9.10. The molecule has 1 N–H and O–H groups in total. The summed E-state index contributed by atoms with van der Waals surface area (Å²) in [5, 5.41) is 3.42. The molecule has 3 nitrogen and oxygen atoms in total. The molecule has 0 bridgehead atoms. The summed E-state index contributed by atoms with van der Waals surface area (Å²) in [5.74, 6) is 0.926. The van der Waals surface area contributed by atoms with Gasteiger partial charge in [-0.25, -0.2) is 4.98 Å². The second kappa shape index (κ2) is 7.80. The van der Waals surface area contributed by atoms with Crippen molar-refractivity contribution < 1.29 is 4.74 Å². The predicted molar refractivity (Wildman–Crippen MR) is 93.9 cm³/mol. The fraction of sp³-hybridized carbons (Fsp3) is 0.312. The molecule has 1 aromatic heterocycles. The molecular formula is C16H18Br2N2O. The van der Waals surface area contributed by atoms with Gasteiger partial charge in [-0.2, -0.15) is 0 Å². The van der Waals surface area contributed by atoms with Gasteiger partial charge in [-0.1, -0.05) is 22.9 Å². The molecule has 5 heteroatoms. The Kier molecular flexibility index (Phi) is 6.06. The van der Waals surface area contributed by atoms with Crippen molar-refractivity contribution in [2.75, 3.05) is 11.9 Å². The van der Waals surface area contributed by atoms with Crippen molar-refractivity contribution in [2.45, 2.75) is 26.8 Å². The van der Waals surface area contributed by atoms with E-state index < -0.39 is 0 Å². The lowest BCUT2D eigenvalue weighted by Crippen LogP contribution is -2.05. The highest BCUT2D eigenvalue weighted by Crippen LogP contribution is 2.25. The van der Waals surface area contributed by atoms with E-state index in [0.29, 0.717) is 6.54 Å². The third kappa shape index (κ3) is 4.71. The van der Waals surface area contributed by atoms with Gasteiger partial charge in [0.1, 0.15) is 10.4 Å². The van der Waals surface area contributed by atoms with Gasteiger partial charge < -0.3 is 10.1 Å². The first-order valence-electron chi connectivity index (χ1n) is 6.88. The highest BCUT2D eigenvalue weighted by Gasteiger charge is 2.06. The molecule has 0 aliphatic rings. The minimum absolute atomic E-state index is 0.697. The average Bonchev–Trinajstić information content (AvgIpc) is 2.45. The number of pyridine rings is 1. The van der Waals surface area contributed by atoms with E-state index in [-0.39, 0.29) is 0 Å². The fourth-order valence-electron chi connectivity index (χ4n) is 1.95. The monoisotopic (exact) mass is 412 g/mol. The standard InChI is InChI=1S/C16H18Br2N2O/c1-3-8-21-15-6-4-13(17)9-12(15)10-19-14-5-7-16(18)20-11(14)2/h4-7,9,19H,3,8,10H2,1-2H3. The van der Waals surface area contributed by atoms with Crippen LogP contribution in [0.25, 0.3) is 0 Å². The number of anilines is 1. The molecule has 0 aliphatic heterocycles. The number of rotatable bonds is 6. The molecule has 2 aromatic rings. The van der Waals surface area contributed by atoms with Crippen molar-refractivity contribution in [3.8, 4) is 5.75 Å². The van der Waals surface area contributed by atoms with Crippen LogP contribution in [0.1, 0.15) is 24.6 Å². The second-order valence-corrected chi connectivity index (χ2v) is 6.45. The lowest BCUT2D eigenvalue weighted by Gasteiger charge is -2.14. The summed E-state index contributed by atoms with van der Waals surface area (Å²) in [7, 11) is 0. The Morgan fingerprint density at radius 1 is 1.19 bits per heavy atom. The molecule has 1 aromatic carbocycles. The molecule has 0 amide bonds. The third-order valence-electron chi connectivity index (χ3n) is 3.01. The maximum Gasteiger partial charge on any atom is 0.124 e. The lowest BCUT2D eigenvalue weighted by atomic mass is 10.2. The van der Waals surface area contributed by atoms with Crippen LogP contribution in [0, 0.1) is 6.92 Å². The highest BCUT2D eigenvalue weighted by atomic mass is 79.9. The van der Waals surface area contributed by atoms with E-state index in [1.807, 2.05) is 31.2 Å². The third-order valence-corrected chi connectivity index (χ3v) is 3.94. The summed E-state index contributed by atoms with van der Waals surface area (Å²) in [6.07, 6.45) is 0.999. The molecule has 0 saturated heterocycles. The molecule has 0 fully saturated rings. The van der Waals surface area contributed by atoms with Crippen LogP contribution in [0.4, 0.5) is 5.69 Å². The summed E-state index contributed by atoms with van der Waals surface area (Å²) < 4.78 is 7.69. The first kappa shape index (κ1) is 16.3. The van der Waals surface area contributed by atoms with Crippen molar-refractivity contribution in [3.63, 3.8) is 0 Å². The Morgan fingerprint density at radius 3 is 2.71 bits per heavy atom. The largest absolute Gasteiger partial charge is 0.493 e.